The number of hydrogen-bond donors (Lipinski definition) is 0. The summed E-state index contributed by atoms with van der Waals surface area (Å²) in [5.41, 5.74) is 2.04. The summed E-state index contributed by atoms with van der Waals surface area (Å²) in [7, 11) is 0. The molecular weight excluding hydrogens is 184 g/mol. The van der Waals surface area contributed by atoms with E-state index in [0.717, 1.165) is 18.7 Å². The smallest absolute Gasteiger partial charge is 0.0989 e. The summed E-state index contributed by atoms with van der Waals surface area (Å²) in [6.45, 7) is 1.71. The maximum Gasteiger partial charge on any atom is 0.0989 e. The maximum atomic E-state index is 8.68. The molecule has 1 aliphatic rings. The third-order valence-corrected chi connectivity index (χ3v) is 2.37. The van der Waals surface area contributed by atoms with Gasteiger partial charge in [0.2, 0.25) is 0 Å². The van der Waals surface area contributed by atoms with Crippen molar-refractivity contribution in [2.24, 2.45) is 0 Å². The molecule has 0 N–H and O–H groups in total. The molecular formula is C13H12N2. The van der Waals surface area contributed by atoms with Gasteiger partial charge in [-0.15, -0.1) is 0 Å². The Bertz CT molecular complexity index is 424. The molecule has 0 unspecified atom stereocenters. The topological polar surface area (TPSA) is 27.0 Å². The molecule has 1 aliphatic heterocycles. The highest BCUT2D eigenvalue weighted by molar-refractivity contribution is 5.35. The minimum atomic E-state index is 0.749. The van der Waals surface area contributed by atoms with E-state index >= 15 is 0 Å². The van der Waals surface area contributed by atoms with Gasteiger partial charge in [0, 0.05) is 19.3 Å². The van der Waals surface area contributed by atoms with Crippen LogP contribution >= 0.6 is 0 Å². The number of benzene rings is 1. The van der Waals surface area contributed by atoms with Crippen LogP contribution in [0.3, 0.4) is 0 Å². The number of rotatable bonds is 2. The Hall–Kier alpha value is -2.01. The number of allylic oxidation sites excluding steroid dienone is 2. The first-order chi connectivity index (χ1) is 7.38. The molecule has 0 spiro atoms. The Morgan fingerprint density at radius 3 is 2.67 bits per heavy atom. The molecule has 0 atom stereocenters. The van der Waals surface area contributed by atoms with Crippen LogP contribution in [0, 0.1) is 11.3 Å². The molecule has 2 heteroatoms. The second-order valence-electron chi connectivity index (χ2n) is 3.50. The largest absolute Gasteiger partial charge is 0.369 e. The van der Waals surface area contributed by atoms with Crippen molar-refractivity contribution in [1.29, 1.82) is 5.26 Å². The first kappa shape index (κ1) is 9.54. The molecule has 1 aromatic carbocycles. The van der Waals surface area contributed by atoms with Crippen molar-refractivity contribution in [1.82, 2.24) is 4.90 Å². The SMILES string of the molecule is N#CC1=CCN(Cc2ccccc2)C=C1. The lowest BCUT2D eigenvalue weighted by atomic mass is 10.1. The lowest BCUT2D eigenvalue weighted by Gasteiger charge is -2.21. The van der Waals surface area contributed by atoms with Crippen molar-refractivity contribution in [3.8, 4) is 6.07 Å². The zero-order chi connectivity index (χ0) is 10.5. The van der Waals surface area contributed by atoms with Gasteiger partial charge in [-0.2, -0.15) is 5.26 Å². The lowest BCUT2D eigenvalue weighted by Crippen LogP contribution is -2.19. The summed E-state index contributed by atoms with van der Waals surface area (Å²) in [5.74, 6) is 0. The van der Waals surface area contributed by atoms with Gasteiger partial charge in [-0.1, -0.05) is 30.3 Å². The van der Waals surface area contributed by atoms with Gasteiger partial charge in [0.25, 0.3) is 0 Å². The van der Waals surface area contributed by atoms with Gasteiger partial charge in [-0.05, 0) is 17.7 Å². The molecule has 0 amide bonds. The van der Waals surface area contributed by atoms with Gasteiger partial charge in [0.1, 0.15) is 0 Å². The Kier molecular flexibility index (Phi) is 2.85. The Morgan fingerprint density at radius 1 is 1.27 bits per heavy atom. The van der Waals surface area contributed by atoms with Crippen LogP contribution in [0.25, 0.3) is 0 Å². The molecule has 0 fully saturated rings. The fraction of sp³-hybridized carbons (Fsp3) is 0.154. The van der Waals surface area contributed by atoms with E-state index in [4.69, 9.17) is 5.26 Å². The molecule has 2 nitrogen and oxygen atoms in total. The zero-order valence-corrected chi connectivity index (χ0v) is 8.43. The fourth-order valence-corrected chi connectivity index (χ4v) is 1.55. The van der Waals surface area contributed by atoms with E-state index in [1.54, 1.807) is 0 Å². The van der Waals surface area contributed by atoms with Crippen molar-refractivity contribution in [2.75, 3.05) is 6.54 Å². The molecule has 1 aromatic rings. The van der Waals surface area contributed by atoms with Gasteiger partial charge in [-0.3, -0.25) is 0 Å². The quantitative estimate of drug-likeness (QED) is 0.726. The van der Waals surface area contributed by atoms with E-state index in [9.17, 15) is 0 Å². The number of nitrogens with zero attached hydrogens (tertiary/aromatic N) is 2. The van der Waals surface area contributed by atoms with Gasteiger partial charge in [0.05, 0.1) is 11.6 Å². The standard InChI is InChI=1S/C13H12N2/c14-10-12-6-8-15(9-7-12)11-13-4-2-1-3-5-13/h1-8H,9,11H2. The average molecular weight is 196 g/mol. The Balaban J connectivity index is 1.98. The van der Waals surface area contributed by atoms with Crippen LogP contribution in [-0.4, -0.2) is 11.4 Å². The zero-order valence-electron chi connectivity index (χ0n) is 8.43. The first-order valence-electron chi connectivity index (χ1n) is 4.95. The third kappa shape index (κ3) is 2.47. The van der Waals surface area contributed by atoms with Crippen LogP contribution in [0.1, 0.15) is 5.56 Å². The summed E-state index contributed by atoms with van der Waals surface area (Å²) in [6.07, 6.45) is 5.78. The maximum absolute atomic E-state index is 8.68. The van der Waals surface area contributed by atoms with E-state index in [1.165, 1.54) is 5.56 Å². The molecule has 15 heavy (non-hydrogen) atoms. The summed E-state index contributed by atoms with van der Waals surface area (Å²) < 4.78 is 0. The summed E-state index contributed by atoms with van der Waals surface area (Å²) in [5, 5.41) is 8.68. The van der Waals surface area contributed by atoms with E-state index in [1.807, 2.05) is 36.6 Å². The highest BCUT2D eigenvalue weighted by atomic mass is 15.1. The summed E-state index contributed by atoms with van der Waals surface area (Å²) >= 11 is 0. The van der Waals surface area contributed by atoms with Crippen LogP contribution < -0.4 is 0 Å². The molecule has 0 aliphatic carbocycles. The van der Waals surface area contributed by atoms with E-state index in [2.05, 4.69) is 23.1 Å². The minimum absolute atomic E-state index is 0.749. The molecule has 2 rings (SSSR count). The van der Waals surface area contributed by atoms with Crippen LogP contribution in [-0.2, 0) is 6.54 Å². The van der Waals surface area contributed by atoms with Crippen molar-refractivity contribution in [3.05, 3.63) is 59.8 Å². The lowest BCUT2D eigenvalue weighted by molar-refractivity contribution is 0.404. The fourth-order valence-electron chi connectivity index (χ4n) is 1.55. The molecule has 0 aromatic heterocycles. The highest BCUT2D eigenvalue weighted by Crippen LogP contribution is 2.10. The van der Waals surface area contributed by atoms with Crippen molar-refractivity contribution in [3.63, 3.8) is 0 Å². The average Bonchev–Trinajstić information content (AvgIpc) is 2.31. The van der Waals surface area contributed by atoms with Crippen LogP contribution in [0.15, 0.2) is 54.3 Å². The highest BCUT2D eigenvalue weighted by Gasteiger charge is 2.04. The van der Waals surface area contributed by atoms with E-state index < -0.39 is 0 Å². The monoisotopic (exact) mass is 196 g/mol. The van der Waals surface area contributed by atoms with Crippen LogP contribution in [0.5, 0.6) is 0 Å². The van der Waals surface area contributed by atoms with Gasteiger partial charge < -0.3 is 4.90 Å². The van der Waals surface area contributed by atoms with Crippen molar-refractivity contribution >= 4 is 0 Å². The second kappa shape index (κ2) is 4.47. The Morgan fingerprint density at radius 2 is 2.07 bits per heavy atom. The molecule has 0 radical (unpaired) electrons. The minimum Gasteiger partial charge on any atom is -0.369 e. The van der Waals surface area contributed by atoms with Gasteiger partial charge in [0.15, 0.2) is 0 Å². The number of hydrogen-bond acceptors (Lipinski definition) is 2. The first-order valence-corrected chi connectivity index (χ1v) is 4.95. The predicted octanol–water partition coefficient (Wildman–Crippen LogP) is 2.47. The molecule has 0 saturated heterocycles. The van der Waals surface area contributed by atoms with Crippen molar-refractivity contribution in [2.45, 2.75) is 6.54 Å². The summed E-state index contributed by atoms with van der Waals surface area (Å²) in [4.78, 5) is 2.18. The number of nitriles is 1. The van der Waals surface area contributed by atoms with Crippen molar-refractivity contribution < 1.29 is 0 Å². The third-order valence-electron chi connectivity index (χ3n) is 2.37. The Labute approximate surface area is 89.8 Å². The molecule has 0 saturated carbocycles. The second-order valence-corrected chi connectivity index (χ2v) is 3.50. The van der Waals surface area contributed by atoms with Gasteiger partial charge in [-0.25, -0.2) is 0 Å². The predicted molar refractivity (Wildman–Crippen MR) is 59.7 cm³/mol. The van der Waals surface area contributed by atoms with Gasteiger partial charge >= 0.3 is 0 Å². The molecule has 1 heterocycles. The van der Waals surface area contributed by atoms with Crippen LogP contribution in [0.2, 0.25) is 0 Å². The normalized spacial score (nSPS) is 14.6. The molecule has 74 valence electrons. The summed E-state index contributed by atoms with van der Waals surface area (Å²) in [6, 6.07) is 12.5. The van der Waals surface area contributed by atoms with E-state index in [0.29, 0.717) is 0 Å². The van der Waals surface area contributed by atoms with Crippen LogP contribution in [0.4, 0.5) is 0 Å². The van der Waals surface area contributed by atoms with E-state index in [-0.39, 0.29) is 0 Å². The molecule has 0 bridgehead atoms.